The Balaban J connectivity index is 1.98. The molecule has 1 aromatic carbocycles. The molecule has 0 radical (unpaired) electrons. The maximum absolute atomic E-state index is 3.44. The van der Waals surface area contributed by atoms with Crippen LogP contribution in [0.25, 0.3) is 10.9 Å². The molecule has 2 heterocycles. The molecule has 0 bridgehead atoms. The van der Waals surface area contributed by atoms with Crippen LogP contribution < -0.4 is 5.32 Å². The number of hydrogen-bond acceptors (Lipinski definition) is 1. The number of benzene rings is 1. The molecule has 1 aliphatic heterocycles. The monoisotopic (exact) mass is 242 g/mol. The fourth-order valence-electron chi connectivity index (χ4n) is 2.94. The SMILES string of the molecule is CC(C)c1ccc2c(ccn2C2CCNCC2)c1. The summed E-state index contributed by atoms with van der Waals surface area (Å²) in [6, 6.07) is 9.87. The van der Waals surface area contributed by atoms with Crippen LogP contribution in [0.1, 0.15) is 44.2 Å². The number of nitrogens with zero attached hydrogens (tertiary/aromatic N) is 1. The lowest BCUT2D eigenvalue weighted by atomic mass is 10.0. The minimum atomic E-state index is 0.608. The molecule has 2 heteroatoms. The van der Waals surface area contributed by atoms with Gasteiger partial charge in [0, 0.05) is 17.8 Å². The zero-order valence-corrected chi connectivity index (χ0v) is 11.3. The van der Waals surface area contributed by atoms with Crippen LogP contribution in [0.2, 0.25) is 0 Å². The minimum Gasteiger partial charge on any atom is -0.344 e. The second-order valence-electron chi connectivity index (χ2n) is 5.68. The molecule has 0 aliphatic carbocycles. The van der Waals surface area contributed by atoms with Gasteiger partial charge in [-0.1, -0.05) is 19.9 Å². The smallest absolute Gasteiger partial charge is 0.0483 e. The average Bonchev–Trinajstić information content (AvgIpc) is 2.82. The molecule has 2 nitrogen and oxygen atoms in total. The van der Waals surface area contributed by atoms with Crippen LogP contribution in [0.15, 0.2) is 30.5 Å². The number of aromatic nitrogens is 1. The Hall–Kier alpha value is -1.28. The summed E-state index contributed by atoms with van der Waals surface area (Å²) in [6.45, 7) is 6.80. The van der Waals surface area contributed by atoms with Gasteiger partial charge in [-0.3, -0.25) is 0 Å². The van der Waals surface area contributed by atoms with Gasteiger partial charge < -0.3 is 9.88 Å². The Kier molecular flexibility index (Phi) is 3.13. The summed E-state index contributed by atoms with van der Waals surface area (Å²) in [5, 5.41) is 4.82. The van der Waals surface area contributed by atoms with Gasteiger partial charge >= 0.3 is 0 Å². The van der Waals surface area contributed by atoms with E-state index in [0.717, 1.165) is 13.1 Å². The van der Waals surface area contributed by atoms with E-state index in [1.165, 1.54) is 29.3 Å². The van der Waals surface area contributed by atoms with Crippen molar-refractivity contribution in [2.24, 2.45) is 0 Å². The van der Waals surface area contributed by atoms with Crippen molar-refractivity contribution in [3.05, 3.63) is 36.0 Å². The third-order valence-corrected chi connectivity index (χ3v) is 4.11. The zero-order chi connectivity index (χ0) is 12.5. The lowest BCUT2D eigenvalue weighted by Crippen LogP contribution is -2.29. The van der Waals surface area contributed by atoms with Gasteiger partial charge in [0.2, 0.25) is 0 Å². The largest absolute Gasteiger partial charge is 0.344 e. The summed E-state index contributed by atoms with van der Waals surface area (Å²) in [6.07, 6.45) is 4.76. The maximum Gasteiger partial charge on any atom is 0.0483 e. The number of fused-ring (bicyclic) bond motifs is 1. The van der Waals surface area contributed by atoms with Crippen LogP contribution in [-0.2, 0) is 0 Å². The molecule has 1 saturated heterocycles. The van der Waals surface area contributed by atoms with E-state index in [1.54, 1.807) is 0 Å². The topological polar surface area (TPSA) is 17.0 Å². The Morgan fingerprint density at radius 3 is 2.67 bits per heavy atom. The molecule has 0 spiro atoms. The minimum absolute atomic E-state index is 0.608. The lowest BCUT2D eigenvalue weighted by Gasteiger charge is -2.25. The Labute approximate surface area is 109 Å². The first-order chi connectivity index (χ1) is 8.75. The second kappa shape index (κ2) is 4.77. The van der Waals surface area contributed by atoms with Crippen molar-refractivity contribution in [2.75, 3.05) is 13.1 Å². The molecule has 1 aliphatic rings. The molecule has 0 saturated carbocycles. The summed E-state index contributed by atoms with van der Waals surface area (Å²) in [5.74, 6) is 0.608. The molecule has 1 N–H and O–H groups in total. The highest BCUT2D eigenvalue weighted by atomic mass is 15.0. The zero-order valence-electron chi connectivity index (χ0n) is 11.3. The van der Waals surface area contributed by atoms with Gasteiger partial charge in [-0.2, -0.15) is 0 Å². The van der Waals surface area contributed by atoms with Crippen molar-refractivity contribution < 1.29 is 0 Å². The first-order valence-corrected chi connectivity index (χ1v) is 7.07. The van der Waals surface area contributed by atoms with E-state index in [9.17, 15) is 0 Å². The average molecular weight is 242 g/mol. The lowest BCUT2D eigenvalue weighted by molar-refractivity contribution is 0.376. The predicted molar refractivity (Wildman–Crippen MR) is 77.2 cm³/mol. The van der Waals surface area contributed by atoms with Gasteiger partial charge in [-0.15, -0.1) is 0 Å². The van der Waals surface area contributed by atoms with E-state index < -0.39 is 0 Å². The van der Waals surface area contributed by atoms with Crippen molar-refractivity contribution >= 4 is 10.9 Å². The standard InChI is InChI=1S/C16H22N2/c1-12(2)13-3-4-16-14(11-13)7-10-18(16)15-5-8-17-9-6-15/h3-4,7,10-12,15,17H,5-6,8-9H2,1-2H3. The number of piperidine rings is 1. The van der Waals surface area contributed by atoms with Crippen LogP contribution in [-0.4, -0.2) is 17.7 Å². The molecule has 18 heavy (non-hydrogen) atoms. The van der Waals surface area contributed by atoms with Crippen molar-refractivity contribution in [1.29, 1.82) is 0 Å². The van der Waals surface area contributed by atoms with Crippen molar-refractivity contribution in [3.63, 3.8) is 0 Å². The highest BCUT2D eigenvalue weighted by Gasteiger charge is 2.16. The summed E-state index contributed by atoms with van der Waals surface area (Å²) in [7, 11) is 0. The molecule has 3 rings (SSSR count). The van der Waals surface area contributed by atoms with Crippen LogP contribution in [0.3, 0.4) is 0 Å². The van der Waals surface area contributed by atoms with Crippen LogP contribution in [0.5, 0.6) is 0 Å². The summed E-state index contributed by atoms with van der Waals surface area (Å²) >= 11 is 0. The van der Waals surface area contributed by atoms with Gasteiger partial charge in [0.1, 0.15) is 0 Å². The Morgan fingerprint density at radius 1 is 1.17 bits per heavy atom. The highest BCUT2D eigenvalue weighted by molar-refractivity contribution is 5.81. The number of nitrogens with one attached hydrogen (secondary N) is 1. The van der Waals surface area contributed by atoms with Crippen LogP contribution in [0, 0.1) is 0 Å². The van der Waals surface area contributed by atoms with E-state index in [4.69, 9.17) is 0 Å². The quantitative estimate of drug-likeness (QED) is 0.850. The maximum atomic E-state index is 3.44. The summed E-state index contributed by atoms with van der Waals surface area (Å²) < 4.78 is 2.47. The van der Waals surface area contributed by atoms with E-state index in [1.807, 2.05) is 0 Å². The predicted octanol–water partition coefficient (Wildman–Crippen LogP) is 3.69. The molecule has 0 atom stereocenters. The number of rotatable bonds is 2. The molecular weight excluding hydrogens is 220 g/mol. The van der Waals surface area contributed by atoms with Gasteiger partial charge in [0.05, 0.1) is 0 Å². The van der Waals surface area contributed by atoms with Crippen LogP contribution in [0.4, 0.5) is 0 Å². The van der Waals surface area contributed by atoms with E-state index in [2.05, 4.69) is 54.2 Å². The van der Waals surface area contributed by atoms with Crippen molar-refractivity contribution in [2.45, 2.75) is 38.6 Å². The van der Waals surface area contributed by atoms with E-state index in [0.29, 0.717) is 12.0 Å². The summed E-state index contributed by atoms with van der Waals surface area (Å²) in [4.78, 5) is 0. The molecule has 2 aromatic rings. The third-order valence-electron chi connectivity index (χ3n) is 4.11. The fourth-order valence-corrected chi connectivity index (χ4v) is 2.94. The Bertz CT molecular complexity index is 533. The molecule has 1 fully saturated rings. The highest BCUT2D eigenvalue weighted by Crippen LogP contribution is 2.27. The first kappa shape index (κ1) is 11.8. The van der Waals surface area contributed by atoms with Gasteiger partial charge in [-0.25, -0.2) is 0 Å². The molecule has 0 unspecified atom stereocenters. The summed E-state index contributed by atoms with van der Waals surface area (Å²) in [5.41, 5.74) is 2.83. The van der Waals surface area contributed by atoms with E-state index >= 15 is 0 Å². The van der Waals surface area contributed by atoms with Crippen molar-refractivity contribution in [1.82, 2.24) is 9.88 Å². The van der Waals surface area contributed by atoms with Crippen molar-refractivity contribution in [3.8, 4) is 0 Å². The first-order valence-electron chi connectivity index (χ1n) is 7.07. The van der Waals surface area contributed by atoms with Gasteiger partial charge in [0.25, 0.3) is 0 Å². The van der Waals surface area contributed by atoms with Crippen LogP contribution >= 0.6 is 0 Å². The second-order valence-corrected chi connectivity index (χ2v) is 5.68. The number of hydrogen-bond donors (Lipinski definition) is 1. The molecular formula is C16H22N2. The molecule has 0 amide bonds. The Morgan fingerprint density at radius 2 is 1.94 bits per heavy atom. The normalized spacial score (nSPS) is 17.7. The molecule has 96 valence electrons. The molecule has 1 aromatic heterocycles. The van der Waals surface area contributed by atoms with Gasteiger partial charge in [0.15, 0.2) is 0 Å². The van der Waals surface area contributed by atoms with E-state index in [-0.39, 0.29) is 0 Å². The van der Waals surface area contributed by atoms with Gasteiger partial charge in [-0.05, 0) is 61.0 Å². The third kappa shape index (κ3) is 2.05. The fraction of sp³-hybridized carbons (Fsp3) is 0.500.